The number of carbonyl (C=O) groups excluding carboxylic acids is 3. The van der Waals surface area contributed by atoms with Crippen LogP contribution in [-0.4, -0.2) is 87.5 Å². The predicted octanol–water partition coefficient (Wildman–Crippen LogP) is 6.25. The van der Waals surface area contributed by atoms with E-state index in [2.05, 4.69) is 29.9 Å². The molecule has 3 aromatic carbocycles. The van der Waals surface area contributed by atoms with Gasteiger partial charge in [-0.2, -0.15) is 15.0 Å². The van der Waals surface area contributed by atoms with Crippen LogP contribution in [0.1, 0.15) is 0 Å². The van der Waals surface area contributed by atoms with E-state index in [-0.39, 0.29) is 95.1 Å². The van der Waals surface area contributed by atoms with E-state index < -0.39 is 99.1 Å². The van der Waals surface area contributed by atoms with Gasteiger partial charge in [-0.25, -0.2) is 33.9 Å². The van der Waals surface area contributed by atoms with Gasteiger partial charge < -0.3 is 13.7 Å². The summed E-state index contributed by atoms with van der Waals surface area (Å²) in [5.41, 5.74) is -2.31. The van der Waals surface area contributed by atoms with Crippen molar-refractivity contribution in [3.8, 4) is 33.8 Å². The lowest BCUT2D eigenvalue weighted by atomic mass is 10.2. The van der Waals surface area contributed by atoms with Gasteiger partial charge in [0.25, 0.3) is 34.4 Å². The summed E-state index contributed by atoms with van der Waals surface area (Å²) in [5, 5.41) is 5.70. The fraction of sp³-hybridized carbons (Fsp3) is 0.211. The zero-order valence-corrected chi connectivity index (χ0v) is 59.1. The predicted molar refractivity (Wildman–Crippen MR) is 367 cm³/mol. The molecule has 0 spiro atoms. The van der Waals surface area contributed by atoms with Gasteiger partial charge in [-0.3, -0.25) is 83.4 Å². The van der Waals surface area contributed by atoms with E-state index in [1.165, 1.54) is 125 Å². The lowest BCUT2D eigenvalue weighted by Gasteiger charge is -2.21. The van der Waals surface area contributed by atoms with E-state index in [0.29, 0.717) is 16.7 Å². The Balaban J connectivity index is 0.973. The van der Waals surface area contributed by atoms with Crippen LogP contribution in [0.3, 0.4) is 0 Å². The zero-order valence-electron chi connectivity index (χ0n) is 51.2. The minimum absolute atomic E-state index is 0.00947. The highest BCUT2D eigenvalue weighted by atomic mass is 35.5. The molecule has 0 N–H and O–H groups in total. The summed E-state index contributed by atoms with van der Waals surface area (Å²) < 4.78 is 49.0. The van der Waals surface area contributed by atoms with Crippen molar-refractivity contribution in [3.63, 3.8) is 0 Å². The molecule has 41 heteroatoms. The number of aryl methyl sites for hydroxylation is 3. The molecule has 31 nitrogen and oxygen atoms in total. The highest BCUT2D eigenvalue weighted by Crippen LogP contribution is 2.51. The Morgan fingerprint density at radius 2 is 0.684 bits per heavy atom. The van der Waals surface area contributed by atoms with Crippen molar-refractivity contribution in [3.05, 3.63) is 197 Å². The van der Waals surface area contributed by atoms with Crippen molar-refractivity contribution in [2.75, 3.05) is 0 Å². The lowest BCUT2D eigenvalue weighted by molar-refractivity contribution is -0.119. The maximum absolute atomic E-state index is 16.2. The third-order valence-electron chi connectivity index (χ3n) is 15.3. The molecule has 12 aromatic rings. The van der Waals surface area contributed by atoms with Gasteiger partial charge in [0.1, 0.15) is 39.8 Å². The lowest BCUT2D eigenvalue weighted by Crippen LogP contribution is -2.37. The maximum Gasteiger partial charge on any atom is 0.480 e. The SMILES string of the molecule is Cn1c(=O)c2c(ncn2CC(=O)/N=c2/scc(-c3ccc(Cl)c(Cl)c3)n2COP(=O)(OCn2c(-c3ccc(Cl)c(Cl)c3)cs/c2=N/C(=O)Cn2cnc3c2c(=O)n(C)c(=O)n3C)OCn2c(-c3ccc(Cl)c(Cl)c3)cs/c2=N/C(=O)Cn2cnc3c2c(=O)n(C)c(=O)n3C)n(C)c1=O. The van der Waals surface area contributed by atoms with Crippen molar-refractivity contribution in [2.24, 2.45) is 57.3 Å². The fourth-order valence-corrected chi connectivity index (χ4v) is 14.8. The molecule has 9 aromatic heterocycles. The molecule has 0 radical (unpaired) electrons. The number of amides is 3. The Morgan fingerprint density at radius 1 is 0.418 bits per heavy atom. The van der Waals surface area contributed by atoms with Crippen LogP contribution in [0.5, 0.6) is 0 Å². The van der Waals surface area contributed by atoms with Crippen LogP contribution in [0, 0.1) is 0 Å². The van der Waals surface area contributed by atoms with Gasteiger partial charge in [0.15, 0.2) is 47.9 Å². The Bertz CT molecular complexity index is 5480. The Morgan fingerprint density at radius 3 is 0.939 bits per heavy atom. The number of benzene rings is 3. The van der Waals surface area contributed by atoms with Crippen LogP contribution in [0.25, 0.3) is 67.3 Å². The van der Waals surface area contributed by atoms with Crippen LogP contribution < -0.4 is 48.2 Å². The normalized spacial score (nSPS) is 12.6. The minimum Gasteiger partial charge on any atom is -0.315 e. The maximum atomic E-state index is 16.2. The first kappa shape index (κ1) is 69.2. The molecule has 0 saturated heterocycles. The molecular formula is C57H45Cl6N18O13PS3. The monoisotopic (exact) mass is 1530 g/mol. The molecule has 0 saturated carbocycles. The molecule has 9 heterocycles. The van der Waals surface area contributed by atoms with Crippen molar-refractivity contribution < 1.29 is 32.5 Å². The molecule has 0 bridgehead atoms. The molecule has 0 aliphatic heterocycles. The van der Waals surface area contributed by atoms with E-state index in [4.69, 9.17) is 83.2 Å². The third kappa shape index (κ3) is 13.1. The highest BCUT2D eigenvalue weighted by Gasteiger charge is 2.31. The number of phosphoric acid groups is 1. The van der Waals surface area contributed by atoms with Crippen molar-refractivity contribution >= 4 is 163 Å². The van der Waals surface area contributed by atoms with Crippen molar-refractivity contribution in [1.82, 2.24) is 69.8 Å². The molecule has 0 aliphatic carbocycles. The van der Waals surface area contributed by atoms with Crippen LogP contribution in [0.4, 0.5) is 0 Å². The summed E-state index contributed by atoms with van der Waals surface area (Å²) in [7, 11) is 2.81. The number of carbonyl (C=O) groups is 3. The first-order chi connectivity index (χ1) is 46.6. The molecule has 12 rings (SSSR count). The van der Waals surface area contributed by atoms with E-state index in [0.717, 1.165) is 61.4 Å². The Labute approximate surface area is 588 Å². The Hall–Kier alpha value is -8.74. The van der Waals surface area contributed by atoms with Crippen LogP contribution >= 0.6 is 111 Å². The van der Waals surface area contributed by atoms with Crippen molar-refractivity contribution in [1.29, 1.82) is 0 Å². The largest absolute Gasteiger partial charge is 0.480 e. The average molecular weight is 1530 g/mol. The number of thiazole rings is 3. The summed E-state index contributed by atoms with van der Waals surface area (Å²) in [6.45, 7) is -4.14. The number of hydrogen-bond acceptors (Lipinski definition) is 19. The zero-order chi connectivity index (χ0) is 70.1. The van der Waals surface area contributed by atoms with Gasteiger partial charge in [-0.05, 0) is 36.4 Å². The number of aromatic nitrogens is 15. The van der Waals surface area contributed by atoms with Gasteiger partial charge in [-0.15, -0.1) is 34.0 Å². The van der Waals surface area contributed by atoms with E-state index in [1.54, 1.807) is 34.3 Å². The van der Waals surface area contributed by atoms with Gasteiger partial charge in [0.05, 0.1) is 66.2 Å². The fourth-order valence-electron chi connectivity index (χ4n) is 10.2. The summed E-state index contributed by atoms with van der Waals surface area (Å²) in [6.07, 6.45) is 3.63. The van der Waals surface area contributed by atoms with Crippen molar-refractivity contribution in [2.45, 2.75) is 39.8 Å². The van der Waals surface area contributed by atoms with Crippen LogP contribution in [-0.2, 0) is 115 Å². The molecular weight excluding hydrogens is 1480 g/mol. The molecule has 0 fully saturated rings. The van der Waals surface area contributed by atoms with Crippen LogP contribution in [0.2, 0.25) is 30.1 Å². The van der Waals surface area contributed by atoms with Gasteiger partial charge in [-0.1, -0.05) is 87.8 Å². The minimum atomic E-state index is -5.27. The number of hydrogen-bond donors (Lipinski definition) is 0. The number of imidazole rings is 3. The van der Waals surface area contributed by atoms with E-state index >= 15 is 4.57 Å². The number of fused-ring (bicyclic) bond motifs is 3. The van der Waals surface area contributed by atoms with Gasteiger partial charge in [0, 0.05) is 75.1 Å². The van der Waals surface area contributed by atoms with Gasteiger partial charge in [0.2, 0.25) is 0 Å². The van der Waals surface area contributed by atoms with E-state index in [9.17, 15) is 43.2 Å². The smallest absolute Gasteiger partial charge is 0.315 e. The summed E-state index contributed by atoms with van der Waals surface area (Å²) in [6, 6.07) is 13.9. The molecule has 506 valence electrons. The Kier molecular flexibility index (Phi) is 19.4. The first-order valence-corrected chi connectivity index (χ1v) is 34.5. The molecule has 98 heavy (non-hydrogen) atoms. The summed E-state index contributed by atoms with van der Waals surface area (Å²) >= 11 is 41.7. The van der Waals surface area contributed by atoms with Gasteiger partial charge >= 0.3 is 24.9 Å². The standard InChI is InChI=1S/C57H45Cl6N18O13PS3/c1-70-46-43(49(85)73(4)55(70)88)76(22-64-46)16-40(82)67-52-79(37(19-96-52)28-7-10-31(58)34(61)13-28)25-92-95(91,93-26-80-38(29-8-11-32(59)35(62)14-29)20-97-53(80)68-41(83)17-77-23-65-47-44(77)50(86)74(5)56(89)71(47)2)94-27-81-39(30-9-12-33(60)36(63)15-30)21-98-54(81)69-42(84)18-78-24-66-48-45(78)51(87)75(6)57(90)72(48)3/h7-15,19-24H,16-18,25-27H2,1-6H3/b67-52+,68-53+,69-54+. The number of phosphoric ester groups is 1. The quantitative estimate of drug-likeness (QED) is 0.0857. The molecule has 3 amide bonds. The first-order valence-electron chi connectivity index (χ1n) is 28.1. The molecule has 0 unspecified atom stereocenters. The topological polar surface area (TPSA) is 333 Å². The number of rotatable bonds is 18. The summed E-state index contributed by atoms with van der Waals surface area (Å²) in [4.78, 5) is 147. The third-order valence-corrected chi connectivity index (χ3v) is 21.4. The second kappa shape index (κ2) is 27.5. The van der Waals surface area contributed by atoms with E-state index in [1.807, 2.05) is 0 Å². The summed E-state index contributed by atoms with van der Waals surface area (Å²) in [5.74, 6) is -2.50. The highest BCUT2D eigenvalue weighted by molar-refractivity contribution is 7.48. The average Bonchev–Trinajstić information content (AvgIpc) is 1.55. The van der Waals surface area contributed by atoms with Crippen LogP contribution in [0.15, 0.2) is 133 Å². The second-order valence-electron chi connectivity index (χ2n) is 21.4. The molecule has 0 atom stereocenters. The number of nitrogens with zero attached hydrogens (tertiary/aromatic N) is 18. The molecule has 0 aliphatic rings. The second-order valence-corrected chi connectivity index (χ2v) is 28.0. The number of halogens is 6.